The van der Waals surface area contributed by atoms with Gasteiger partial charge in [0.1, 0.15) is 0 Å². The molecule has 0 spiro atoms. The monoisotopic (exact) mass is 373 g/mol. The number of amides is 1. The van der Waals surface area contributed by atoms with Gasteiger partial charge in [0.25, 0.3) is 0 Å². The van der Waals surface area contributed by atoms with Crippen LogP contribution in [0.2, 0.25) is 0 Å². The zero-order chi connectivity index (χ0) is 14.0. The third-order valence-electron chi connectivity index (χ3n) is 3.64. The molecule has 1 N–H and O–H groups in total. The number of carbonyl (C=O) groups excluding carboxylic acids is 1. The fraction of sp³-hybridized carbons (Fsp3) is 0.429. The number of carboxylic acid groups (broad SMARTS) is 1. The van der Waals surface area contributed by atoms with E-state index in [-0.39, 0.29) is 11.9 Å². The van der Waals surface area contributed by atoms with E-state index in [0.29, 0.717) is 19.4 Å². The van der Waals surface area contributed by atoms with E-state index < -0.39 is 11.9 Å². The van der Waals surface area contributed by atoms with Crippen molar-refractivity contribution in [2.45, 2.75) is 25.8 Å². The van der Waals surface area contributed by atoms with E-state index in [2.05, 4.69) is 22.6 Å². The molecule has 0 aliphatic carbocycles. The predicted octanol–water partition coefficient (Wildman–Crippen LogP) is 2.16. The van der Waals surface area contributed by atoms with Crippen molar-refractivity contribution >= 4 is 34.5 Å². The van der Waals surface area contributed by atoms with Gasteiger partial charge in [0.2, 0.25) is 5.91 Å². The largest absolute Gasteiger partial charge is 0.481 e. The minimum absolute atomic E-state index is 0.0123. The van der Waals surface area contributed by atoms with Crippen LogP contribution in [0.1, 0.15) is 18.9 Å². The van der Waals surface area contributed by atoms with Crippen LogP contribution in [-0.2, 0) is 16.0 Å². The maximum atomic E-state index is 12.2. The quantitative estimate of drug-likeness (QED) is 0.827. The van der Waals surface area contributed by atoms with Gasteiger partial charge < -0.3 is 10.0 Å². The average Bonchev–Trinajstić information content (AvgIpc) is 2.71. The Kier molecular flexibility index (Phi) is 4.44. The molecule has 2 unspecified atom stereocenters. The predicted molar refractivity (Wildman–Crippen MR) is 79.8 cm³/mol. The Bertz CT molecular complexity index is 503. The van der Waals surface area contributed by atoms with Gasteiger partial charge in [0.05, 0.1) is 12.3 Å². The molecule has 0 saturated carbocycles. The normalized spacial score (nSPS) is 22.5. The number of carbonyl (C=O) groups is 2. The Hall–Kier alpha value is -1.11. The number of rotatable bonds is 3. The highest BCUT2D eigenvalue weighted by Gasteiger charge is 2.37. The highest BCUT2D eigenvalue weighted by Crippen LogP contribution is 2.25. The molecule has 0 aromatic heterocycles. The van der Waals surface area contributed by atoms with Crippen molar-refractivity contribution in [1.82, 2.24) is 4.90 Å². The van der Waals surface area contributed by atoms with E-state index in [9.17, 15) is 9.59 Å². The van der Waals surface area contributed by atoms with E-state index in [1.54, 1.807) is 4.90 Å². The summed E-state index contributed by atoms with van der Waals surface area (Å²) in [5.74, 6) is -1.23. The molecule has 5 heteroatoms. The molecular weight excluding hydrogens is 357 g/mol. The first-order valence-corrected chi connectivity index (χ1v) is 7.33. The van der Waals surface area contributed by atoms with Crippen molar-refractivity contribution in [3.8, 4) is 0 Å². The van der Waals surface area contributed by atoms with Gasteiger partial charge in [-0.05, 0) is 53.6 Å². The lowest BCUT2D eigenvalue weighted by Crippen LogP contribution is -2.38. The van der Waals surface area contributed by atoms with Gasteiger partial charge in [-0.15, -0.1) is 0 Å². The molecule has 1 saturated heterocycles. The molecule has 2 rings (SSSR count). The van der Waals surface area contributed by atoms with Crippen LogP contribution in [0.5, 0.6) is 0 Å². The summed E-state index contributed by atoms with van der Waals surface area (Å²) in [7, 11) is 0. The number of carboxylic acids is 1. The van der Waals surface area contributed by atoms with Crippen LogP contribution in [0.15, 0.2) is 24.3 Å². The van der Waals surface area contributed by atoms with Crippen LogP contribution in [0.4, 0.5) is 0 Å². The van der Waals surface area contributed by atoms with Gasteiger partial charge in [-0.2, -0.15) is 0 Å². The van der Waals surface area contributed by atoms with Crippen LogP contribution in [-0.4, -0.2) is 34.5 Å². The highest BCUT2D eigenvalue weighted by atomic mass is 127. The molecule has 0 radical (unpaired) electrons. The fourth-order valence-corrected chi connectivity index (χ4v) is 3.15. The third kappa shape index (κ3) is 3.26. The van der Waals surface area contributed by atoms with Crippen LogP contribution < -0.4 is 0 Å². The lowest BCUT2D eigenvalue weighted by atomic mass is 10.0. The van der Waals surface area contributed by atoms with E-state index in [1.165, 1.54) is 0 Å². The number of halogens is 1. The summed E-state index contributed by atoms with van der Waals surface area (Å²) in [6, 6.07) is 7.60. The average molecular weight is 373 g/mol. The zero-order valence-corrected chi connectivity index (χ0v) is 12.8. The van der Waals surface area contributed by atoms with Gasteiger partial charge >= 0.3 is 5.97 Å². The molecule has 2 atom stereocenters. The smallest absolute Gasteiger partial charge is 0.308 e. The van der Waals surface area contributed by atoms with Crippen LogP contribution in [0.25, 0.3) is 0 Å². The summed E-state index contributed by atoms with van der Waals surface area (Å²) in [5, 5.41) is 9.07. The van der Waals surface area contributed by atoms with Gasteiger partial charge in [0, 0.05) is 16.2 Å². The first-order valence-electron chi connectivity index (χ1n) is 6.25. The Morgan fingerprint density at radius 2 is 2.21 bits per heavy atom. The van der Waals surface area contributed by atoms with Gasteiger partial charge in [0.15, 0.2) is 0 Å². The summed E-state index contributed by atoms with van der Waals surface area (Å²) in [6.07, 6.45) is 0.891. The molecule has 102 valence electrons. The summed E-state index contributed by atoms with van der Waals surface area (Å²) in [6.45, 7) is 2.36. The minimum Gasteiger partial charge on any atom is -0.481 e. The Balaban J connectivity index is 2.03. The van der Waals surface area contributed by atoms with Crippen molar-refractivity contribution in [3.63, 3.8) is 0 Å². The van der Waals surface area contributed by atoms with Crippen molar-refractivity contribution in [2.75, 3.05) is 6.54 Å². The lowest BCUT2D eigenvalue weighted by Gasteiger charge is -2.23. The molecule has 1 aromatic rings. The molecule has 4 nitrogen and oxygen atoms in total. The minimum atomic E-state index is -0.808. The molecule has 1 aliphatic rings. The molecule has 19 heavy (non-hydrogen) atoms. The van der Waals surface area contributed by atoms with Crippen molar-refractivity contribution < 1.29 is 14.7 Å². The second-order valence-electron chi connectivity index (χ2n) is 4.87. The van der Waals surface area contributed by atoms with Crippen molar-refractivity contribution in [2.24, 2.45) is 5.92 Å². The lowest BCUT2D eigenvalue weighted by molar-refractivity contribution is -0.143. The second-order valence-corrected chi connectivity index (χ2v) is 6.11. The number of hydrogen-bond acceptors (Lipinski definition) is 2. The molecule has 0 bridgehead atoms. The maximum Gasteiger partial charge on any atom is 0.308 e. The van der Waals surface area contributed by atoms with Crippen LogP contribution >= 0.6 is 22.6 Å². The number of nitrogens with zero attached hydrogens (tertiary/aromatic N) is 1. The van der Waals surface area contributed by atoms with Crippen LogP contribution in [0.3, 0.4) is 0 Å². The SMILES string of the molecule is CC1C(C(=O)O)CCN1C(=O)Cc1cccc(I)c1. The van der Waals surface area contributed by atoms with Crippen molar-refractivity contribution in [3.05, 3.63) is 33.4 Å². The molecule has 1 heterocycles. The Morgan fingerprint density at radius 1 is 1.47 bits per heavy atom. The van der Waals surface area contributed by atoms with Gasteiger partial charge in [-0.3, -0.25) is 9.59 Å². The highest BCUT2D eigenvalue weighted by molar-refractivity contribution is 14.1. The number of benzene rings is 1. The molecule has 1 fully saturated rings. The molecule has 1 aliphatic heterocycles. The molecule has 1 aromatic carbocycles. The summed E-state index contributed by atoms with van der Waals surface area (Å²) < 4.78 is 1.10. The number of aliphatic carboxylic acids is 1. The van der Waals surface area contributed by atoms with Gasteiger partial charge in [-0.25, -0.2) is 0 Å². The van der Waals surface area contributed by atoms with Crippen LogP contribution in [0, 0.1) is 9.49 Å². The Morgan fingerprint density at radius 3 is 2.79 bits per heavy atom. The fourth-order valence-electron chi connectivity index (χ4n) is 2.54. The van der Waals surface area contributed by atoms with Gasteiger partial charge in [-0.1, -0.05) is 12.1 Å². The summed E-state index contributed by atoms with van der Waals surface area (Å²) >= 11 is 2.21. The summed E-state index contributed by atoms with van der Waals surface area (Å²) in [5.41, 5.74) is 0.975. The number of hydrogen-bond donors (Lipinski definition) is 1. The van der Waals surface area contributed by atoms with E-state index in [4.69, 9.17) is 5.11 Å². The zero-order valence-electron chi connectivity index (χ0n) is 10.7. The third-order valence-corrected chi connectivity index (χ3v) is 4.31. The number of likely N-dealkylation sites (tertiary alicyclic amines) is 1. The molecular formula is C14H16INO3. The second kappa shape index (κ2) is 5.90. The topological polar surface area (TPSA) is 57.6 Å². The summed E-state index contributed by atoms with van der Waals surface area (Å²) in [4.78, 5) is 25.0. The maximum absolute atomic E-state index is 12.2. The first kappa shape index (κ1) is 14.3. The molecule has 1 amide bonds. The van der Waals surface area contributed by atoms with E-state index in [1.807, 2.05) is 31.2 Å². The van der Waals surface area contributed by atoms with E-state index in [0.717, 1.165) is 9.13 Å². The van der Waals surface area contributed by atoms with E-state index >= 15 is 0 Å². The van der Waals surface area contributed by atoms with Crippen molar-refractivity contribution in [1.29, 1.82) is 0 Å². The Labute approximate surface area is 125 Å². The standard InChI is InChI=1S/C14H16INO3/c1-9-12(14(18)19)5-6-16(9)13(17)8-10-3-2-4-11(15)7-10/h2-4,7,9,12H,5-6,8H2,1H3,(H,18,19). The first-order chi connectivity index (χ1) is 8.99.